The van der Waals surface area contributed by atoms with Gasteiger partial charge in [0.25, 0.3) is 0 Å². The van der Waals surface area contributed by atoms with Crippen molar-refractivity contribution in [1.29, 1.82) is 0 Å². The lowest BCUT2D eigenvalue weighted by Gasteiger charge is -2.47. The quantitative estimate of drug-likeness (QED) is 0.0860. The lowest BCUT2D eigenvalue weighted by Crippen LogP contribution is -2.61. The van der Waals surface area contributed by atoms with Gasteiger partial charge in [-0.3, -0.25) is 14.5 Å². The van der Waals surface area contributed by atoms with Crippen LogP contribution in [0.5, 0.6) is 0 Å². The van der Waals surface area contributed by atoms with Gasteiger partial charge >= 0.3 is 5.97 Å². The summed E-state index contributed by atoms with van der Waals surface area (Å²) in [6, 6.07) is 58.6. The van der Waals surface area contributed by atoms with E-state index in [1.54, 1.807) is 0 Å². The van der Waals surface area contributed by atoms with E-state index in [1.165, 1.54) is 0 Å². The summed E-state index contributed by atoms with van der Waals surface area (Å²) in [6.45, 7) is 4.78. The fraction of sp³-hybridized carbons (Fsp3) is 0.208. The SMILES string of the molecule is CN(C(Cc1ccccc1)C(=O)NCC(C)(C)c1ccccc1)C(C(=O)OCc1ccccc1)C(c1ccccc1)(c1ccccc1)c1ccccc1. The summed E-state index contributed by atoms with van der Waals surface area (Å²) in [6.07, 6.45) is 0.381. The average Bonchev–Trinajstić information content (AvgIpc) is 3.22. The van der Waals surface area contributed by atoms with Crippen molar-refractivity contribution in [1.82, 2.24) is 10.2 Å². The van der Waals surface area contributed by atoms with E-state index in [4.69, 9.17) is 4.74 Å². The predicted molar refractivity (Wildman–Crippen MR) is 213 cm³/mol. The summed E-state index contributed by atoms with van der Waals surface area (Å²) in [5.41, 5.74) is 4.33. The largest absolute Gasteiger partial charge is 0.460 e. The number of hydrogen-bond donors (Lipinski definition) is 1. The number of hydrogen-bond acceptors (Lipinski definition) is 4. The fourth-order valence-corrected chi connectivity index (χ4v) is 7.39. The minimum Gasteiger partial charge on any atom is -0.460 e. The van der Waals surface area contributed by atoms with E-state index in [-0.39, 0.29) is 17.9 Å². The highest BCUT2D eigenvalue weighted by molar-refractivity contribution is 5.86. The minimum absolute atomic E-state index is 0.0965. The van der Waals surface area contributed by atoms with Crippen LogP contribution in [0.25, 0.3) is 0 Å². The van der Waals surface area contributed by atoms with E-state index in [2.05, 4.69) is 67.7 Å². The van der Waals surface area contributed by atoms with Crippen molar-refractivity contribution < 1.29 is 14.3 Å². The third-order valence-corrected chi connectivity index (χ3v) is 10.3. The second-order valence-electron chi connectivity index (χ2n) is 14.2. The number of amides is 1. The van der Waals surface area contributed by atoms with Crippen LogP contribution >= 0.6 is 0 Å². The van der Waals surface area contributed by atoms with E-state index in [9.17, 15) is 4.79 Å². The van der Waals surface area contributed by atoms with E-state index >= 15 is 4.79 Å². The molecule has 6 aromatic carbocycles. The van der Waals surface area contributed by atoms with Crippen LogP contribution in [0.4, 0.5) is 0 Å². The first-order valence-electron chi connectivity index (χ1n) is 18.3. The summed E-state index contributed by atoms with van der Waals surface area (Å²) >= 11 is 0. The molecule has 0 aliphatic carbocycles. The number of nitrogens with one attached hydrogen (secondary N) is 1. The zero-order chi connectivity index (χ0) is 37.1. The molecule has 0 aliphatic heterocycles. The second-order valence-corrected chi connectivity index (χ2v) is 14.2. The highest BCUT2D eigenvalue weighted by atomic mass is 16.5. The van der Waals surface area contributed by atoms with E-state index in [1.807, 2.05) is 145 Å². The van der Waals surface area contributed by atoms with Gasteiger partial charge in [0, 0.05) is 12.0 Å². The maximum Gasteiger partial charge on any atom is 0.325 e. The molecule has 0 aromatic heterocycles. The number of benzene rings is 6. The molecule has 268 valence electrons. The molecule has 0 bridgehead atoms. The van der Waals surface area contributed by atoms with E-state index in [0.717, 1.165) is 33.4 Å². The number of ether oxygens (including phenoxy) is 1. The molecule has 2 atom stereocenters. The Morgan fingerprint density at radius 2 is 0.943 bits per heavy atom. The molecule has 2 unspecified atom stereocenters. The summed E-state index contributed by atoms with van der Waals surface area (Å²) in [5.74, 6) is -0.590. The van der Waals surface area contributed by atoms with Crippen molar-refractivity contribution >= 4 is 11.9 Å². The zero-order valence-electron chi connectivity index (χ0n) is 30.8. The Bertz CT molecular complexity index is 1920. The maximum absolute atomic E-state index is 15.2. The molecule has 5 nitrogen and oxygen atoms in total. The van der Waals surface area contributed by atoms with Gasteiger partial charge in [-0.05, 0) is 46.8 Å². The number of carbonyl (C=O) groups is 2. The van der Waals surface area contributed by atoms with Crippen molar-refractivity contribution in [3.05, 3.63) is 215 Å². The van der Waals surface area contributed by atoms with Gasteiger partial charge in [0.1, 0.15) is 12.6 Å². The molecule has 1 N–H and O–H groups in total. The monoisotopic (exact) mass is 700 g/mol. The Kier molecular flexibility index (Phi) is 12.0. The number of nitrogens with zero attached hydrogens (tertiary/aromatic N) is 1. The normalized spacial score (nSPS) is 12.8. The van der Waals surface area contributed by atoms with Gasteiger partial charge in [-0.15, -0.1) is 0 Å². The van der Waals surface area contributed by atoms with Crippen molar-refractivity contribution in [2.75, 3.05) is 13.6 Å². The number of carbonyl (C=O) groups excluding carboxylic acids is 2. The van der Waals surface area contributed by atoms with E-state index in [0.29, 0.717) is 13.0 Å². The average molecular weight is 701 g/mol. The van der Waals surface area contributed by atoms with Crippen LogP contribution in [-0.4, -0.2) is 42.5 Å². The highest BCUT2D eigenvalue weighted by Crippen LogP contribution is 2.45. The van der Waals surface area contributed by atoms with Gasteiger partial charge in [-0.1, -0.05) is 196 Å². The fourth-order valence-electron chi connectivity index (χ4n) is 7.39. The molecule has 6 aromatic rings. The molecule has 1 amide bonds. The Balaban J connectivity index is 1.52. The van der Waals surface area contributed by atoms with Crippen LogP contribution in [0, 0.1) is 0 Å². The van der Waals surface area contributed by atoms with Gasteiger partial charge in [0.05, 0.1) is 11.5 Å². The Morgan fingerprint density at radius 1 is 0.566 bits per heavy atom. The molecule has 0 saturated carbocycles. The van der Waals surface area contributed by atoms with Crippen molar-refractivity contribution in [3.63, 3.8) is 0 Å². The third kappa shape index (κ3) is 8.48. The molecule has 6 rings (SSSR count). The summed E-state index contributed by atoms with van der Waals surface area (Å²) in [5, 5.41) is 3.31. The summed E-state index contributed by atoms with van der Waals surface area (Å²) in [7, 11) is 1.90. The summed E-state index contributed by atoms with van der Waals surface area (Å²) in [4.78, 5) is 32.0. The van der Waals surface area contributed by atoms with Crippen molar-refractivity contribution in [3.8, 4) is 0 Å². The molecule has 0 radical (unpaired) electrons. The van der Waals surface area contributed by atoms with Crippen molar-refractivity contribution in [2.24, 2.45) is 0 Å². The van der Waals surface area contributed by atoms with Gasteiger partial charge in [-0.2, -0.15) is 0 Å². The molecule has 0 saturated heterocycles. The molecule has 0 aliphatic rings. The van der Waals surface area contributed by atoms with Gasteiger partial charge in [0.15, 0.2) is 0 Å². The Morgan fingerprint density at radius 3 is 1.38 bits per heavy atom. The molecule has 53 heavy (non-hydrogen) atoms. The van der Waals surface area contributed by atoms with Crippen LogP contribution in [0.15, 0.2) is 182 Å². The van der Waals surface area contributed by atoms with Gasteiger partial charge < -0.3 is 10.1 Å². The smallest absolute Gasteiger partial charge is 0.325 e. The lowest BCUT2D eigenvalue weighted by atomic mass is 9.64. The highest BCUT2D eigenvalue weighted by Gasteiger charge is 2.52. The van der Waals surface area contributed by atoms with Crippen LogP contribution in [0.2, 0.25) is 0 Å². The summed E-state index contributed by atoms with van der Waals surface area (Å²) < 4.78 is 6.32. The molecular weight excluding hydrogens is 653 g/mol. The molecular formula is C48H48N2O3. The molecule has 5 heteroatoms. The lowest BCUT2D eigenvalue weighted by molar-refractivity contribution is -0.154. The van der Waals surface area contributed by atoms with E-state index < -0.39 is 23.5 Å². The Labute approximate surface area is 314 Å². The standard InChI is InChI=1S/C48H48N2O3/c1-47(2,39-26-14-6-15-27-39)36-49-45(51)43(34-37-22-10-4-11-23-37)50(3)44(46(52)53-35-38-24-12-5-13-25-38)48(40-28-16-7-17-29-40,41-30-18-8-19-31-41)42-32-20-9-21-33-42/h4-33,43-44H,34-36H2,1-3H3,(H,49,51). The van der Waals surface area contributed by atoms with Gasteiger partial charge in [0.2, 0.25) is 5.91 Å². The zero-order valence-corrected chi connectivity index (χ0v) is 30.8. The number of likely N-dealkylation sites (N-methyl/N-ethyl adjacent to an activating group) is 1. The molecule has 0 heterocycles. The van der Waals surface area contributed by atoms with Crippen LogP contribution in [0.3, 0.4) is 0 Å². The number of rotatable bonds is 15. The Hall–Kier alpha value is -5.78. The van der Waals surface area contributed by atoms with Crippen LogP contribution in [0.1, 0.15) is 47.2 Å². The van der Waals surface area contributed by atoms with Crippen LogP contribution in [-0.2, 0) is 38.2 Å². The molecule has 0 fully saturated rings. The van der Waals surface area contributed by atoms with Gasteiger partial charge in [-0.25, -0.2) is 0 Å². The molecule has 0 spiro atoms. The predicted octanol–water partition coefficient (Wildman–Crippen LogP) is 8.77. The number of esters is 1. The first kappa shape index (κ1) is 37.0. The van der Waals surface area contributed by atoms with Crippen molar-refractivity contribution in [2.45, 2.75) is 49.8 Å². The maximum atomic E-state index is 15.2. The van der Waals surface area contributed by atoms with Crippen LogP contribution < -0.4 is 5.32 Å². The first-order valence-corrected chi connectivity index (χ1v) is 18.3. The second kappa shape index (κ2) is 17.2. The topological polar surface area (TPSA) is 58.6 Å². The third-order valence-electron chi connectivity index (χ3n) is 10.3. The minimum atomic E-state index is -1.08. The first-order chi connectivity index (χ1) is 25.8.